The summed E-state index contributed by atoms with van der Waals surface area (Å²) in [4.78, 5) is 16.6. The predicted octanol–water partition coefficient (Wildman–Crippen LogP) is 1.32. The topological polar surface area (TPSA) is 73.8 Å². The van der Waals surface area contributed by atoms with Crippen LogP contribution >= 0.6 is 0 Å². The first-order valence-corrected chi connectivity index (χ1v) is 5.71. The number of carbonyl (C=O) groups is 1. The monoisotopic (exact) mass is 230 g/mol. The van der Waals surface area contributed by atoms with Crippen molar-refractivity contribution in [1.82, 2.24) is 14.8 Å². The summed E-state index contributed by atoms with van der Waals surface area (Å²) in [7, 11) is 1.83. The van der Waals surface area contributed by atoms with Gasteiger partial charge in [0, 0.05) is 13.5 Å². The van der Waals surface area contributed by atoms with Crippen LogP contribution in [0.2, 0.25) is 0 Å². The molecule has 0 radical (unpaired) electrons. The number of nitrogens with zero attached hydrogens (tertiary/aromatic N) is 3. The zero-order chi connectivity index (χ0) is 12.2. The van der Waals surface area contributed by atoms with Gasteiger partial charge in [0.25, 0.3) is 0 Å². The standard InChI is InChI=1S/C12H14N4O/c1-6-3-8-10(9(17)4-6)11(13)7-5-14-16(2)12(7)15-8/h5-6H,3-4H2,1-2H3,(H2,13,15). The van der Waals surface area contributed by atoms with Gasteiger partial charge in [-0.05, 0) is 12.3 Å². The summed E-state index contributed by atoms with van der Waals surface area (Å²) in [5.41, 5.74) is 8.80. The van der Waals surface area contributed by atoms with Crippen molar-refractivity contribution in [3.05, 3.63) is 17.5 Å². The van der Waals surface area contributed by atoms with Gasteiger partial charge in [-0.2, -0.15) is 5.10 Å². The molecule has 1 atom stereocenters. The van der Waals surface area contributed by atoms with Crippen molar-refractivity contribution in [1.29, 1.82) is 0 Å². The summed E-state index contributed by atoms with van der Waals surface area (Å²) in [5, 5.41) is 4.91. The number of fused-ring (bicyclic) bond motifs is 2. The minimum absolute atomic E-state index is 0.106. The highest BCUT2D eigenvalue weighted by atomic mass is 16.1. The van der Waals surface area contributed by atoms with Crippen molar-refractivity contribution < 1.29 is 4.79 Å². The lowest BCUT2D eigenvalue weighted by molar-refractivity contribution is 0.0953. The molecule has 0 bridgehead atoms. The largest absolute Gasteiger partial charge is 0.397 e. The fourth-order valence-corrected chi connectivity index (χ4v) is 2.51. The quantitative estimate of drug-likeness (QED) is 0.740. The van der Waals surface area contributed by atoms with E-state index in [1.165, 1.54) is 0 Å². The van der Waals surface area contributed by atoms with E-state index in [0.29, 0.717) is 23.6 Å². The number of carbonyl (C=O) groups excluding carboxylic acids is 1. The van der Waals surface area contributed by atoms with Crippen LogP contribution in [-0.4, -0.2) is 20.5 Å². The van der Waals surface area contributed by atoms with Gasteiger partial charge in [-0.15, -0.1) is 0 Å². The maximum absolute atomic E-state index is 12.0. The number of hydrogen-bond acceptors (Lipinski definition) is 4. The van der Waals surface area contributed by atoms with Crippen LogP contribution in [0.4, 0.5) is 5.69 Å². The highest BCUT2D eigenvalue weighted by Gasteiger charge is 2.27. The molecule has 0 saturated carbocycles. The third kappa shape index (κ3) is 1.35. The van der Waals surface area contributed by atoms with Gasteiger partial charge in [0.2, 0.25) is 0 Å². The van der Waals surface area contributed by atoms with Crippen LogP contribution in [0.25, 0.3) is 11.0 Å². The molecule has 0 aliphatic heterocycles. The Hall–Kier alpha value is -1.91. The van der Waals surface area contributed by atoms with Crippen LogP contribution in [0.3, 0.4) is 0 Å². The number of anilines is 1. The van der Waals surface area contributed by atoms with Gasteiger partial charge >= 0.3 is 0 Å². The summed E-state index contributed by atoms with van der Waals surface area (Å²) in [6.45, 7) is 2.06. The molecule has 0 spiro atoms. The van der Waals surface area contributed by atoms with Gasteiger partial charge in [-0.1, -0.05) is 6.92 Å². The highest BCUT2D eigenvalue weighted by Crippen LogP contribution is 2.32. The SMILES string of the molecule is CC1CC(=O)c2c(nc3c(cnn3C)c2N)C1. The molecule has 5 heteroatoms. The summed E-state index contributed by atoms with van der Waals surface area (Å²) < 4.78 is 1.69. The van der Waals surface area contributed by atoms with Gasteiger partial charge in [0.05, 0.1) is 28.5 Å². The number of nitrogens with two attached hydrogens (primary N) is 1. The zero-order valence-corrected chi connectivity index (χ0v) is 9.90. The van der Waals surface area contributed by atoms with Gasteiger partial charge in [0.15, 0.2) is 11.4 Å². The Morgan fingerprint density at radius 1 is 1.47 bits per heavy atom. The molecule has 88 valence electrons. The highest BCUT2D eigenvalue weighted by molar-refractivity contribution is 6.08. The van der Waals surface area contributed by atoms with Crippen molar-refractivity contribution >= 4 is 22.5 Å². The molecule has 0 fully saturated rings. The van der Waals surface area contributed by atoms with Gasteiger partial charge < -0.3 is 5.73 Å². The van der Waals surface area contributed by atoms with E-state index in [1.807, 2.05) is 7.05 Å². The summed E-state index contributed by atoms with van der Waals surface area (Å²) in [5.74, 6) is 0.446. The Kier molecular flexibility index (Phi) is 1.98. The minimum atomic E-state index is 0.106. The molecule has 1 unspecified atom stereocenters. The van der Waals surface area contributed by atoms with E-state index in [1.54, 1.807) is 10.9 Å². The number of rotatable bonds is 0. The van der Waals surface area contributed by atoms with E-state index in [2.05, 4.69) is 17.0 Å². The molecule has 17 heavy (non-hydrogen) atoms. The molecule has 2 heterocycles. The first kappa shape index (κ1) is 10.3. The van der Waals surface area contributed by atoms with E-state index in [0.717, 1.165) is 23.1 Å². The molecular formula is C12H14N4O. The molecule has 0 aromatic carbocycles. The Bertz CT molecular complexity index is 629. The average molecular weight is 230 g/mol. The molecule has 0 saturated heterocycles. The Labute approximate surface area is 98.6 Å². The Morgan fingerprint density at radius 3 is 3.00 bits per heavy atom. The molecule has 3 rings (SSSR count). The van der Waals surface area contributed by atoms with Crippen molar-refractivity contribution in [2.24, 2.45) is 13.0 Å². The number of aromatic nitrogens is 3. The van der Waals surface area contributed by atoms with Gasteiger partial charge in [-0.3, -0.25) is 9.48 Å². The van der Waals surface area contributed by atoms with Crippen molar-refractivity contribution in [3.63, 3.8) is 0 Å². The van der Waals surface area contributed by atoms with Crippen molar-refractivity contribution in [2.45, 2.75) is 19.8 Å². The van der Waals surface area contributed by atoms with Crippen LogP contribution < -0.4 is 5.73 Å². The maximum atomic E-state index is 12.0. The second-order valence-corrected chi connectivity index (χ2v) is 4.79. The van der Waals surface area contributed by atoms with Crippen LogP contribution in [0.1, 0.15) is 29.4 Å². The van der Waals surface area contributed by atoms with Crippen molar-refractivity contribution in [2.75, 3.05) is 5.73 Å². The number of pyridine rings is 1. The molecule has 2 aromatic heterocycles. The van der Waals surface area contributed by atoms with E-state index < -0.39 is 0 Å². The molecule has 1 aliphatic carbocycles. The second-order valence-electron chi connectivity index (χ2n) is 4.79. The van der Waals surface area contributed by atoms with E-state index in [4.69, 9.17) is 5.73 Å². The van der Waals surface area contributed by atoms with Crippen molar-refractivity contribution in [3.8, 4) is 0 Å². The molecule has 5 nitrogen and oxygen atoms in total. The number of ketones is 1. The smallest absolute Gasteiger partial charge is 0.167 e. The number of hydrogen-bond donors (Lipinski definition) is 1. The van der Waals surface area contributed by atoms with Crippen LogP contribution in [-0.2, 0) is 13.5 Å². The summed E-state index contributed by atoms with van der Waals surface area (Å²) >= 11 is 0. The average Bonchev–Trinajstić information content (AvgIpc) is 2.60. The third-order valence-corrected chi connectivity index (χ3v) is 3.35. The van der Waals surface area contributed by atoms with Gasteiger partial charge in [0.1, 0.15) is 0 Å². The summed E-state index contributed by atoms with van der Waals surface area (Å²) in [6.07, 6.45) is 3.04. The lowest BCUT2D eigenvalue weighted by atomic mass is 9.86. The van der Waals surface area contributed by atoms with E-state index >= 15 is 0 Å². The predicted molar refractivity (Wildman–Crippen MR) is 64.7 cm³/mol. The third-order valence-electron chi connectivity index (χ3n) is 3.35. The molecule has 2 N–H and O–H groups in total. The molecule has 1 aliphatic rings. The zero-order valence-electron chi connectivity index (χ0n) is 9.90. The first-order chi connectivity index (χ1) is 8.08. The fraction of sp³-hybridized carbons (Fsp3) is 0.417. The van der Waals surface area contributed by atoms with E-state index in [-0.39, 0.29) is 5.78 Å². The van der Waals surface area contributed by atoms with E-state index in [9.17, 15) is 4.79 Å². The molecule has 2 aromatic rings. The fourth-order valence-electron chi connectivity index (χ4n) is 2.51. The number of nitrogen functional groups attached to an aromatic ring is 1. The second kappa shape index (κ2) is 3.29. The molecular weight excluding hydrogens is 216 g/mol. The maximum Gasteiger partial charge on any atom is 0.167 e. The normalized spacial score (nSPS) is 19.6. The Morgan fingerprint density at radius 2 is 2.24 bits per heavy atom. The summed E-state index contributed by atoms with van der Waals surface area (Å²) in [6, 6.07) is 0. The lowest BCUT2D eigenvalue weighted by Gasteiger charge is -2.21. The van der Waals surface area contributed by atoms with Gasteiger partial charge in [-0.25, -0.2) is 4.98 Å². The first-order valence-electron chi connectivity index (χ1n) is 5.71. The van der Waals surface area contributed by atoms with Crippen LogP contribution in [0.15, 0.2) is 6.20 Å². The lowest BCUT2D eigenvalue weighted by Crippen LogP contribution is -2.21. The number of Topliss-reactive ketones (excluding diaryl/α,β-unsaturated/α-hetero) is 1. The van der Waals surface area contributed by atoms with Crippen LogP contribution in [0.5, 0.6) is 0 Å². The Balaban J connectivity index is 2.36. The molecule has 0 amide bonds. The minimum Gasteiger partial charge on any atom is -0.397 e. The van der Waals surface area contributed by atoms with Crippen LogP contribution in [0, 0.1) is 5.92 Å². The number of aryl methyl sites for hydroxylation is 1.